The molecule has 0 saturated carbocycles. The third-order valence-corrected chi connectivity index (χ3v) is 2.31. The zero-order valence-electron chi connectivity index (χ0n) is 10.8. The van der Waals surface area contributed by atoms with Gasteiger partial charge in [-0.3, -0.25) is 0 Å². The van der Waals surface area contributed by atoms with E-state index in [-0.39, 0.29) is 18.7 Å². The first kappa shape index (κ1) is 16.2. The van der Waals surface area contributed by atoms with Crippen molar-refractivity contribution in [1.29, 1.82) is 0 Å². The molecule has 0 bridgehead atoms. The lowest BCUT2D eigenvalue weighted by atomic mass is 10.2. The van der Waals surface area contributed by atoms with E-state index in [4.69, 9.17) is 5.11 Å². The van der Waals surface area contributed by atoms with Gasteiger partial charge in [0.15, 0.2) is 0 Å². The Labute approximate surface area is 113 Å². The molecule has 0 aliphatic rings. The molecule has 0 spiro atoms. The topological polar surface area (TPSA) is 71.5 Å². The monoisotopic (exact) mass is 292 g/mol. The van der Waals surface area contributed by atoms with Gasteiger partial charge in [-0.1, -0.05) is 6.92 Å². The van der Waals surface area contributed by atoms with Crippen molar-refractivity contribution in [3.05, 3.63) is 23.4 Å². The van der Waals surface area contributed by atoms with E-state index in [9.17, 15) is 18.0 Å². The summed E-state index contributed by atoms with van der Waals surface area (Å²) in [6.45, 7) is 0.469. The quantitative estimate of drug-likeness (QED) is 0.755. The Balaban J connectivity index is 2.51. The highest BCUT2D eigenvalue weighted by Gasteiger charge is 2.27. The fourth-order valence-corrected chi connectivity index (χ4v) is 1.42. The van der Waals surface area contributed by atoms with Crippen LogP contribution in [0.2, 0.25) is 0 Å². The van der Waals surface area contributed by atoms with E-state index in [1.54, 1.807) is 0 Å². The van der Waals surface area contributed by atoms with E-state index in [0.29, 0.717) is 17.9 Å². The van der Waals surface area contributed by atoms with Gasteiger partial charge in [-0.2, -0.15) is 13.2 Å². The molecule has 0 atom stereocenters. The van der Waals surface area contributed by atoms with Crippen LogP contribution < -0.4 is 5.32 Å². The molecule has 0 aromatic carbocycles. The van der Waals surface area contributed by atoms with Gasteiger partial charge in [-0.15, -0.1) is 0 Å². The van der Waals surface area contributed by atoms with Gasteiger partial charge in [-0.05, 0) is 18.6 Å². The average molecular weight is 292 g/mol. The van der Waals surface area contributed by atoms with Crippen LogP contribution in [0.3, 0.4) is 0 Å². The Morgan fingerprint density at radius 1 is 1.45 bits per heavy atom. The number of hydrogen-bond donors (Lipinski definition) is 2. The number of carboxylic acid groups (broad SMARTS) is 1. The number of aromatic carboxylic acids is 1. The number of aryl methyl sites for hydroxylation is 1. The van der Waals surface area contributed by atoms with Crippen LogP contribution in [-0.4, -0.2) is 42.0 Å². The highest BCUT2D eigenvalue weighted by molar-refractivity contribution is 5.88. The summed E-state index contributed by atoms with van der Waals surface area (Å²) in [6, 6.07) is 2.78. The van der Waals surface area contributed by atoms with Crippen LogP contribution in [0.15, 0.2) is 12.1 Å². The molecular weight excluding hydrogens is 277 g/mol. The number of rotatable bonds is 7. The number of alkyl halides is 3. The molecule has 0 unspecified atom stereocenters. The maximum absolute atomic E-state index is 11.8. The maximum atomic E-state index is 11.8. The molecule has 8 heteroatoms. The molecule has 2 N–H and O–H groups in total. The van der Waals surface area contributed by atoms with Crippen molar-refractivity contribution in [2.24, 2.45) is 0 Å². The molecule has 0 radical (unpaired) electrons. The zero-order valence-corrected chi connectivity index (χ0v) is 10.8. The average Bonchev–Trinajstić information content (AvgIpc) is 2.36. The molecule has 0 aliphatic heterocycles. The zero-order chi connectivity index (χ0) is 15.2. The number of aromatic nitrogens is 1. The van der Waals surface area contributed by atoms with Crippen LogP contribution in [0, 0.1) is 0 Å². The van der Waals surface area contributed by atoms with Crippen LogP contribution in [0.4, 0.5) is 19.0 Å². The van der Waals surface area contributed by atoms with Gasteiger partial charge in [0, 0.05) is 12.2 Å². The fourth-order valence-electron chi connectivity index (χ4n) is 1.42. The summed E-state index contributed by atoms with van der Waals surface area (Å²) in [5.41, 5.74) is 0.666. The lowest BCUT2D eigenvalue weighted by Gasteiger charge is -2.10. The first-order valence-electron chi connectivity index (χ1n) is 5.94. The molecule has 1 aromatic rings. The first-order chi connectivity index (χ1) is 9.31. The summed E-state index contributed by atoms with van der Waals surface area (Å²) in [7, 11) is 0. The van der Waals surface area contributed by atoms with Crippen molar-refractivity contribution >= 4 is 11.8 Å². The van der Waals surface area contributed by atoms with Crippen LogP contribution >= 0.6 is 0 Å². The lowest BCUT2D eigenvalue weighted by Crippen LogP contribution is -2.20. The highest BCUT2D eigenvalue weighted by Crippen LogP contribution is 2.14. The van der Waals surface area contributed by atoms with Gasteiger partial charge in [0.05, 0.1) is 12.2 Å². The fraction of sp³-hybridized carbons (Fsp3) is 0.500. The van der Waals surface area contributed by atoms with Crippen molar-refractivity contribution in [2.45, 2.75) is 19.5 Å². The third-order valence-electron chi connectivity index (χ3n) is 2.31. The molecule has 5 nitrogen and oxygen atoms in total. The smallest absolute Gasteiger partial charge is 0.411 e. The van der Waals surface area contributed by atoms with E-state index in [1.165, 1.54) is 12.1 Å². The summed E-state index contributed by atoms with van der Waals surface area (Å²) < 4.78 is 39.9. The number of carbonyl (C=O) groups is 1. The Hall–Kier alpha value is -1.83. The van der Waals surface area contributed by atoms with Gasteiger partial charge >= 0.3 is 12.1 Å². The largest absolute Gasteiger partial charge is 0.478 e. The van der Waals surface area contributed by atoms with E-state index in [0.717, 1.165) is 0 Å². The van der Waals surface area contributed by atoms with Crippen LogP contribution in [-0.2, 0) is 11.2 Å². The minimum atomic E-state index is -4.35. The van der Waals surface area contributed by atoms with Crippen LogP contribution in [0.5, 0.6) is 0 Å². The van der Waals surface area contributed by atoms with Crippen molar-refractivity contribution < 1.29 is 27.8 Å². The number of carboxylic acids is 1. The Kier molecular flexibility index (Phi) is 5.75. The highest BCUT2D eigenvalue weighted by atomic mass is 19.4. The normalized spacial score (nSPS) is 11.4. The second-order valence-electron chi connectivity index (χ2n) is 3.99. The van der Waals surface area contributed by atoms with Gasteiger partial charge in [0.25, 0.3) is 0 Å². The van der Waals surface area contributed by atoms with Crippen molar-refractivity contribution in [3.63, 3.8) is 0 Å². The van der Waals surface area contributed by atoms with E-state index in [1.807, 2.05) is 6.92 Å². The number of pyridine rings is 1. The van der Waals surface area contributed by atoms with Crippen LogP contribution in [0.1, 0.15) is 23.0 Å². The minimum absolute atomic E-state index is 0.0792. The summed E-state index contributed by atoms with van der Waals surface area (Å²) in [6.07, 6.45) is -3.79. The predicted octanol–water partition coefficient (Wildman–Crippen LogP) is 2.33. The summed E-state index contributed by atoms with van der Waals surface area (Å²) in [5, 5.41) is 11.7. The van der Waals surface area contributed by atoms with E-state index >= 15 is 0 Å². The molecule has 1 rings (SSSR count). The van der Waals surface area contributed by atoms with Crippen molar-refractivity contribution in [3.8, 4) is 0 Å². The minimum Gasteiger partial charge on any atom is -0.478 e. The maximum Gasteiger partial charge on any atom is 0.411 e. The molecule has 20 heavy (non-hydrogen) atoms. The molecular formula is C12H15F3N2O3. The van der Waals surface area contributed by atoms with E-state index in [2.05, 4.69) is 15.0 Å². The Morgan fingerprint density at radius 3 is 2.70 bits per heavy atom. The second-order valence-corrected chi connectivity index (χ2v) is 3.99. The predicted molar refractivity (Wildman–Crippen MR) is 65.9 cm³/mol. The van der Waals surface area contributed by atoms with Gasteiger partial charge in [-0.25, -0.2) is 9.78 Å². The van der Waals surface area contributed by atoms with E-state index < -0.39 is 18.8 Å². The molecule has 0 aliphatic carbocycles. The molecule has 0 fully saturated rings. The number of nitrogens with zero attached hydrogens (tertiary/aromatic N) is 1. The number of anilines is 1. The Bertz CT molecular complexity index is 464. The number of halogens is 3. The molecule has 0 amide bonds. The summed E-state index contributed by atoms with van der Waals surface area (Å²) >= 11 is 0. The number of nitrogens with one attached hydrogen (secondary N) is 1. The molecule has 1 aromatic heterocycles. The standard InChI is InChI=1S/C12H15F3N2O3/c1-2-9-5-8(11(18)19)6-10(17-9)16-3-4-20-7-12(13,14)15/h5-6H,2-4,7H2,1H3,(H,16,17)(H,18,19). The number of ether oxygens (including phenoxy) is 1. The van der Waals surface area contributed by atoms with Crippen molar-refractivity contribution in [1.82, 2.24) is 4.98 Å². The Morgan fingerprint density at radius 2 is 2.15 bits per heavy atom. The van der Waals surface area contributed by atoms with Gasteiger partial charge in [0.2, 0.25) is 0 Å². The second kappa shape index (κ2) is 7.09. The summed E-state index contributed by atoms with van der Waals surface area (Å²) in [5.74, 6) is -0.782. The molecule has 112 valence electrons. The van der Waals surface area contributed by atoms with Gasteiger partial charge in [0.1, 0.15) is 12.4 Å². The van der Waals surface area contributed by atoms with Crippen molar-refractivity contribution in [2.75, 3.05) is 25.1 Å². The summed E-state index contributed by atoms with van der Waals surface area (Å²) in [4.78, 5) is 15.0. The third kappa shape index (κ3) is 5.87. The van der Waals surface area contributed by atoms with Gasteiger partial charge < -0.3 is 15.2 Å². The van der Waals surface area contributed by atoms with Crippen LogP contribution in [0.25, 0.3) is 0 Å². The lowest BCUT2D eigenvalue weighted by molar-refractivity contribution is -0.172. The molecule has 1 heterocycles. The SMILES string of the molecule is CCc1cc(C(=O)O)cc(NCCOCC(F)(F)F)n1. The first-order valence-corrected chi connectivity index (χ1v) is 5.94. The molecule has 0 saturated heterocycles. The number of hydrogen-bond acceptors (Lipinski definition) is 4.